The van der Waals surface area contributed by atoms with E-state index in [0.29, 0.717) is 22.1 Å². The highest BCUT2D eigenvalue weighted by Crippen LogP contribution is 2.31. The number of benzene rings is 3. The van der Waals surface area contributed by atoms with Gasteiger partial charge in [-0.15, -0.1) is 0 Å². The van der Waals surface area contributed by atoms with Crippen LogP contribution in [0.25, 0.3) is 0 Å². The normalized spacial score (nSPS) is 12.3. The zero-order valence-electron chi connectivity index (χ0n) is 19.8. The molecule has 1 atom stereocenters. The lowest BCUT2D eigenvalue weighted by Crippen LogP contribution is -2.41. The Morgan fingerprint density at radius 1 is 0.944 bits per heavy atom. The standard InChI is InChI=1S/C25H25Cl3N2O5S/c1-16(17-7-12-23(34-2)24(13-17)35-3)29-25(31)15-30(14-20-21(27)5-4-6-22(20)28)36(32,33)19-10-8-18(26)9-11-19/h4-13,16H,14-15H2,1-3H3,(H,29,31). The number of hydrogen-bond acceptors (Lipinski definition) is 5. The number of amides is 1. The average Bonchev–Trinajstić information content (AvgIpc) is 2.85. The molecule has 0 aromatic heterocycles. The lowest BCUT2D eigenvalue weighted by Gasteiger charge is -2.24. The number of sulfonamides is 1. The van der Waals surface area contributed by atoms with E-state index in [0.717, 1.165) is 9.87 Å². The molecule has 1 amide bonds. The number of carbonyl (C=O) groups excluding carboxylic acids is 1. The zero-order valence-corrected chi connectivity index (χ0v) is 22.9. The van der Waals surface area contributed by atoms with Gasteiger partial charge in [0.25, 0.3) is 0 Å². The summed E-state index contributed by atoms with van der Waals surface area (Å²) in [5.41, 5.74) is 1.14. The average molecular weight is 572 g/mol. The van der Waals surface area contributed by atoms with Crippen LogP contribution >= 0.6 is 34.8 Å². The van der Waals surface area contributed by atoms with Gasteiger partial charge >= 0.3 is 0 Å². The molecule has 0 fully saturated rings. The molecule has 3 aromatic carbocycles. The molecule has 36 heavy (non-hydrogen) atoms. The molecule has 1 N–H and O–H groups in total. The summed E-state index contributed by atoms with van der Waals surface area (Å²) >= 11 is 18.5. The van der Waals surface area contributed by atoms with Crippen LogP contribution in [-0.4, -0.2) is 39.4 Å². The van der Waals surface area contributed by atoms with E-state index in [1.54, 1.807) is 43.3 Å². The van der Waals surface area contributed by atoms with Gasteiger partial charge in [-0.2, -0.15) is 4.31 Å². The van der Waals surface area contributed by atoms with Gasteiger partial charge in [0.2, 0.25) is 15.9 Å². The van der Waals surface area contributed by atoms with E-state index in [1.165, 1.54) is 38.5 Å². The van der Waals surface area contributed by atoms with Crippen molar-refractivity contribution in [3.63, 3.8) is 0 Å². The molecule has 0 aliphatic heterocycles. The molecule has 0 spiro atoms. The molecule has 7 nitrogen and oxygen atoms in total. The van der Waals surface area contributed by atoms with Gasteiger partial charge in [-0.3, -0.25) is 4.79 Å². The van der Waals surface area contributed by atoms with Crippen LogP contribution in [0.4, 0.5) is 0 Å². The lowest BCUT2D eigenvalue weighted by atomic mass is 10.1. The van der Waals surface area contributed by atoms with E-state index >= 15 is 0 Å². The predicted molar refractivity (Wildman–Crippen MR) is 142 cm³/mol. The quantitative estimate of drug-likeness (QED) is 0.336. The number of nitrogens with zero attached hydrogens (tertiary/aromatic N) is 1. The Hall–Kier alpha value is -2.49. The van der Waals surface area contributed by atoms with E-state index in [9.17, 15) is 13.2 Å². The van der Waals surface area contributed by atoms with Crippen LogP contribution in [-0.2, 0) is 21.4 Å². The van der Waals surface area contributed by atoms with Crippen LogP contribution in [0.1, 0.15) is 24.1 Å². The van der Waals surface area contributed by atoms with Crippen molar-refractivity contribution < 1.29 is 22.7 Å². The van der Waals surface area contributed by atoms with Gasteiger partial charge in [-0.05, 0) is 61.0 Å². The van der Waals surface area contributed by atoms with E-state index in [4.69, 9.17) is 44.3 Å². The first kappa shape index (κ1) is 28.1. The third kappa shape index (κ3) is 6.63. The third-order valence-electron chi connectivity index (χ3n) is 5.45. The fourth-order valence-electron chi connectivity index (χ4n) is 3.49. The Balaban J connectivity index is 1.88. The maximum atomic E-state index is 13.5. The van der Waals surface area contributed by atoms with E-state index in [-0.39, 0.29) is 21.5 Å². The predicted octanol–water partition coefficient (Wildman–Crippen LogP) is 5.73. The second-order valence-electron chi connectivity index (χ2n) is 7.83. The SMILES string of the molecule is COc1ccc(C(C)NC(=O)CN(Cc2c(Cl)cccc2Cl)S(=O)(=O)c2ccc(Cl)cc2)cc1OC. The van der Waals surface area contributed by atoms with Crippen LogP contribution in [0.3, 0.4) is 0 Å². The minimum absolute atomic E-state index is 0.0178. The van der Waals surface area contributed by atoms with Crippen LogP contribution in [0.15, 0.2) is 65.6 Å². The second kappa shape index (κ2) is 12.2. The van der Waals surface area contributed by atoms with Crippen molar-refractivity contribution >= 4 is 50.7 Å². The molecular weight excluding hydrogens is 547 g/mol. The number of nitrogens with one attached hydrogen (secondary N) is 1. The molecule has 0 saturated carbocycles. The van der Waals surface area contributed by atoms with Gasteiger partial charge in [0.15, 0.2) is 11.5 Å². The van der Waals surface area contributed by atoms with E-state index in [1.807, 2.05) is 0 Å². The van der Waals surface area contributed by atoms with E-state index < -0.39 is 28.5 Å². The molecule has 0 aliphatic carbocycles. The summed E-state index contributed by atoms with van der Waals surface area (Å²) in [5.74, 6) is 0.547. The Morgan fingerprint density at radius 3 is 2.14 bits per heavy atom. The monoisotopic (exact) mass is 570 g/mol. The number of carbonyl (C=O) groups is 1. The third-order valence-corrected chi connectivity index (χ3v) is 8.22. The first-order valence-electron chi connectivity index (χ1n) is 10.8. The summed E-state index contributed by atoms with van der Waals surface area (Å²) in [6.45, 7) is 1.11. The summed E-state index contributed by atoms with van der Waals surface area (Å²) in [6, 6.07) is 15.4. The van der Waals surface area contributed by atoms with Gasteiger partial charge in [-0.1, -0.05) is 46.9 Å². The lowest BCUT2D eigenvalue weighted by molar-refractivity contribution is -0.122. The molecule has 0 bridgehead atoms. The first-order chi connectivity index (χ1) is 17.1. The minimum Gasteiger partial charge on any atom is -0.493 e. The van der Waals surface area contributed by atoms with Crippen molar-refractivity contribution in [2.45, 2.75) is 24.4 Å². The summed E-state index contributed by atoms with van der Waals surface area (Å²) in [5, 5.41) is 3.80. The second-order valence-corrected chi connectivity index (χ2v) is 11.0. The van der Waals surface area contributed by atoms with Crippen LogP contribution in [0.2, 0.25) is 15.1 Å². The number of ether oxygens (including phenoxy) is 2. The molecule has 0 radical (unpaired) electrons. The first-order valence-corrected chi connectivity index (χ1v) is 13.3. The highest BCUT2D eigenvalue weighted by Gasteiger charge is 2.29. The van der Waals surface area contributed by atoms with Crippen LogP contribution < -0.4 is 14.8 Å². The Kier molecular flexibility index (Phi) is 9.49. The molecule has 3 rings (SSSR count). The molecule has 0 aliphatic rings. The summed E-state index contributed by atoms with van der Waals surface area (Å²) in [7, 11) is -1.06. The Bertz CT molecular complexity index is 1310. The molecule has 11 heteroatoms. The number of halogens is 3. The maximum Gasteiger partial charge on any atom is 0.243 e. The zero-order chi connectivity index (χ0) is 26.5. The van der Waals surface area contributed by atoms with Crippen molar-refractivity contribution in [2.24, 2.45) is 0 Å². The Labute approximate surface area is 225 Å². The summed E-state index contributed by atoms with van der Waals surface area (Å²) in [4.78, 5) is 13.0. The van der Waals surface area contributed by atoms with Crippen molar-refractivity contribution in [1.29, 1.82) is 0 Å². The smallest absolute Gasteiger partial charge is 0.243 e. The fourth-order valence-corrected chi connectivity index (χ4v) is 5.50. The van der Waals surface area contributed by atoms with Gasteiger partial charge < -0.3 is 14.8 Å². The van der Waals surface area contributed by atoms with Gasteiger partial charge in [-0.25, -0.2) is 8.42 Å². The fraction of sp³-hybridized carbons (Fsp3) is 0.240. The number of rotatable bonds is 10. The Morgan fingerprint density at radius 2 is 1.56 bits per heavy atom. The number of methoxy groups -OCH3 is 2. The topological polar surface area (TPSA) is 84.9 Å². The highest BCUT2D eigenvalue weighted by atomic mass is 35.5. The molecule has 3 aromatic rings. The van der Waals surface area contributed by atoms with Crippen molar-refractivity contribution in [3.05, 3.63) is 86.9 Å². The van der Waals surface area contributed by atoms with Gasteiger partial charge in [0.05, 0.1) is 31.7 Å². The van der Waals surface area contributed by atoms with Crippen LogP contribution in [0.5, 0.6) is 11.5 Å². The minimum atomic E-state index is -4.10. The molecule has 192 valence electrons. The highest BCUT2D eigenvalue weighted by molar-refractivity contribution is 7.89. The van der Waals surface area contributed by atoms with Crippen LogP contribution in [0, 0.1) is 0 Å². The van der Waals surface area contributed by atoms with Gasteiger partial charge in [0, 0.05) is 27.2 Å². The summed E-state index contributed by atoms with van der Waals surface area (Å²) < 4.78 is 38.6. The summed E-state index contributed by atoms with van der Waals surface area (Å²) in [6.07, 6.45) is 0. The maximum absolute atomic E-state index is 13.5. The van der Waals surface area contributed by atoms with Crippen molar-refractivity contribution in [2.75, 3.05) is 20.8 Å². The van der Waals surface area contributed by atoms with Crippen molar-refractivity contribution in [1.82, 2.24) is 9.62 Å². The van der Waals surface area contributed by atoms with Gasteiger partial charge in [0.1, 0.15) is 0 Å². The molecule has 1 unspecified atom stereocenters. The number of hydrogen-bond donors (Lipinski definition) is 1. The molecule has 0 heterocycles. The van der Waals surface area contributed by atoms with Crippen molar-refractivity contribution in [3.8, 4) is 11.5 Å². The molecular formula is C25H25Cl3N2O5S. The largest absolute Gasteiger partial charge is 0.493 e. The van der Waals surface area contributed by atoms with E-state index in [2.05, 4.69) is 5.32 Å². The molecule has 0 saturated heterocycles.